The number of rotatable bonds is 8. The molecule has 4 rings (SSSR count). The van der Waals surface area contributed by atoms with Crippen molar-refractivity contribution < 1.29 is 13.2 Å². The van der Waals surface area contributed by atoms with E-state index in [0.29, 0.717) is 17.4 Å². The zero-order valence-electron chi connectivity index (χ0n) is 17.3. The van der Waals surface area contributed by atoms with Crippen LogP contribution in [0.3, 0.4) is 0 Å². The maximum Gasteiger partial charge on any atom is 0.180 e. The summed E-state index contributed by atoms with van der Waals surface area (Å²) in [6.45, 7) is 2.60. The van der Waals surface area contributed by atoms with E-state index >= 15 is 0 Å². The minimum Gasteiger partial charge on any atom is -0.381 e. The van der Waals surface area contributed by atoms with Crippen LogP contribution in [0.5, 0.6) is 0 Å². The van der Waals surface area contributed by atoms with Gasteiger partial charge in [0.2, 0.25) is 0 Å². The Balaban J connectivity index is 1.67. The zero-order valence-corrected chi connectivity index (χ0v) is 18.1. The van der Waals surface area contributed by atoms with E-state index < -0.39 is 9.84 Å². The second kappa shape index (κ2) is 9.14. The van der Waals surface area contributed by atoms with Gasteiger partial charge in [0.05, 0.1) is 17.3 Å². The summed E-state index contributed by atoms with van der Waals surface area (Å²) in [6, 6.07) is 13.3. The molecule has 0 unspecified atom stereocenters. The van der Waals surface area contributed by atoms with Crippen LogP contribution in [0, 0.1) is 5.92 Å². The highest BCUT2D eigenvalue weighted by molar-refractivity contribution is 7.91. The molecule has 0 spiro atoms. The minimum atomic E-state index is -3.34. The maximum absolute atomic E-state index is 12.5. The van der Waals surface area contributed by atoms with E-state index in [0.717, 1.165) is 27.9 Å². The van der Waals surface area contributed by atoms with Gasteiger partial charge in [-0.25, -0.2) is 13.4 Å². The van der Waals surface area contributed by atoms with Crippen LogP contribution in [0.1, 0.15) is 43.9 Å². The van der Waals surface area contributed by atoms with E-state index in [9.17, 15) is 8.42 Å². The molecule has 30 heavy (non-hydrogen) atoms. The fraction of sp³-hybridized carbons (Fsp3) is 0.375. The monoisotopic (exact) mass is 424 g/mol. The topological polar surface area (TPSA) is 72.1 Å². The summed E-state index contributed by atoms with van der Waals surface area (Å²) in [5, 5.41) is 1.07. The van der Waals surface area contributed by atoms with Crippen molar-refractivity contribution in [3.05, 3.63) is 66.0 Å². The second-order valence-electron chi connectivity index (χ2n) is 7.79. The molecule has 1 fully saturated rings. The molecule has 1 N–H and O–H groups in total. The van der Waals surface area contributed by atoms with Crippen molar-refractivity contribution in [2.24, 2.45) is 5.92 Å². The van der Waals surface area contributed by atoms with Gasteiger partial charge < -0.3 is 9.72 Å². The summed E-state index contributed by atoms with van der Waals surface area (Å²) in [7, 11) is -3.34. The highest BCUT2D eigenvalue weighted by Crippen LogP contribution is 2.33. The molecule has 0 amide bonds. The molecule has 0 radical (unpaired) electrons. The molecule has 0 atom stereocenters. The van der Waals surface area contributed by atoms with Crippen molar-refractivity contribution in [3.63, 3.8) is 0 Å². The van der Waals surface area contributed by atoms with E-state index in [4.69, 9.17) is 4.74 Å². The lowest BCUT2D eigenvalue weighted by molar-refractivity contribution is 0.163. The number of aromatic amines is 1. The number of ether oxygens (including phenoxy) is 1. The first-order valence-electron chi connectivity index (χ1n) is 10.6. The second-order valence-corrected chi connectivity index (χ2v) is 9.90. The number of aromatic nitrogens is 2. The fourth-order valence-corrected chi connectivity index (χ4v) is 5.20. The molecule has 1 aromatic carbocycles. The third kappa shape index (κ3) is 4.65. The number of hydrogen-bond donors (Lipinski definition) is 1. The first kappa shape index (κ1) is 20.8. The predicted molar refractivity (Wildman–Crippen MR) is 120 cm³/mol. The van der Waals surface area contributed by atoms with Gasteiger partial charge in [0, 0.05) is 29.5 Å². The summed E-state index contributed by atoms with van der Waals surface area (Å²) in [4.78, 5) is 8.19. The Morgan fingerprint density at radius 3 is 2.67 bits per heavy atom. The van der Waals surface area contributed by atoms with Gasteiger partial charge in [-0.05, 0) is 61.6 Å². The van der Waals surface area contributed by atoms with Crippen molar-refractivity contribution in [2.45, 2.75) is 37.5 Å². The Kier molecular flexibility index (Phi) is 6.35. The Morgan fingerprint density at radius 2 is 1.97 bits per heavy atom. The average molecular weight is 425 g/mol. The standard InChI is InChI=1S/C24H28N2O3S/c1-2-29-14-15-30(27,28)21-11-9-19(10-12-21)22(16-18-6-3-4-7-18)23-17-20-8-5-13-25-24(20)26-23/h5,8-13,16-18H,2-4,6-7,14-15H2,1H3,(H,25,26). The van der Waals surface area contributed by atoms with Crippen LogP contribution in [-0.4, -0.2) is 37.4 Å². The van der Waals surface area contributed by atoms with E-state index in [1.165, 1.54) is 25.7 Å². The average Bonchev–Trinajstić information content (AvgIpc) is 3.41. The first-order chi connectivity index (χ1) is 14.6. The van der Waals surface area contributed by atoms with Crippen LogP contribution in [0.15, 0.2) is 59.6 Å². The summed E-state index contributed by atoms with van der Waals surface area (Å²) in [5.41, 5.74) is 4.00. The van der Waals surface area contributed by atoms with E-state index in [1.54, 1.807) is 18.3 Å². The molecule has 1 saturated carbocycles. The highest BCUT2D eigenvalue weighted by atomic mass is 32.2. The summed E-state index contributed by atoms with van der Waals surface area (Å²) in [6.07, 6.45) is 9.05. The SMILES string of the molecule is CCOCCS(=O)(=O)c1ccc(C(=CC2CCCC2)c2cc3cccnc3[nH]2)cc1. The third-order valence-corrected chi connectivity index (χ3v) is 7.40. The summed E-state index contributed by atoms with van der Waals surface area (Å²) < 4.78 is 30.3. The number of benzene rings is 1. The number of allylic oxidation sites excluding steroid dienone is 1. The molecule has 1 aliphatic rings. The predicted octanol–water partition coefficient (Wildman–Crippen LogP) is 5.00. The van der Waals surface area contributed by atoms with Crippen molar-refractivity contribution in [2.75, 3.05) is 19.0 Å². The first-order valence-corrected chi connectivity index (χ1v) is 12.3. The van der Waals surface area contributed by atoms with Gasteiger partial charge in [0.15, 0.2) is 9.84 Å². The molecular weight excluding hydrogens is 396 g/mol. The summed E-state index contributed by atoms with van der Waals surface area (Å²) >= 11 is 0. The van der Waals surface area contributed by atoms with Gasteiger partial charge in [-0.15, -0.1) is 0 Å². The van der Waals surface area contributed by atoms with E-state index in [2.05, 4.69) is 22.1 Å². The Labute approximate surface area is 178 Å². The van der Waals surface area contributed by atoms with Gasteiger partial charge in [0.1, 0.15) is 5.65 Å². The van der Waals surface area contributed by atoms with Gasteiger partial charge in [0.25, 0.3) is 0 Å². The Morgan fingerprint density at radius 1 is 1.20 bits per heavy atom. The quantitative estimate of drug-likeness (QED) is 0.517. The number of hydrogen-bond acceptors (Lipinski definition) is 4. The van der Waals surface area contributed by atoms with Crippen LogP contribution >= 0.6 is 0 Å². The van der Waals surface area contributed by atoms with Crippen LogP contribution in [0.25, 0.3) is 16.6 Å². The molecular formula is C24H28N2O3S. The number of nitrogens with zero attached hydrogens (tertiary/aromatic N) is 1. The van der Waals surface area contributed by atoms with E-state index in [1.807, 2.05) is 31.2 Å². The third-order valence-electron chi connectivity index (χ3n) is 5.71. The molecule has 158 valence electrons. The lowest BCUT2D eigenvalue weighted by atomic mass is 9.96. The van der Waals surface area contributed by atoms with Crippen LogP contribution < -0.4 is 0 Å². The minimum absolute atomic E-state index is 0.00134. The highest BCUT2D eigenvalue weighted by Gasteiger charge is 2.18. The Bertz CT molecular complexity index is 1090. The van der Waals surface area contributed by atoms with Crippen molar-refractivity contribution in [1.82, 2.24) is 9.97 Å². The van der Waals surface area contributed by atoms with Crippen LogP contribution in [0.4, 0.5) is 0 Å². The molecule has 1 aliphatic carbocycles. The Hall–Kier alpha value is -2.44. The zero-order chi connectivity index (χ0) is 21.0. The van der Waals surface area contributed by atoms with Crippen molar-refractivity contribution >= 4 is 26.4 Å². The van der Waals surface area contributed by atoms with Crippen molar-refractivity contribution in [3.8, 4) is 0 Å². The number of fused-ring (bicyclic) bond motifs is 1. The van der Waals surface area contributed by atoms with Gasteiger partial charge in [-0.3, -0.25) is 0 Å². The maximum atomic E-state index is 12.5. The molecule has 0 saturated heterocycles. The number of nitrogens with one attached hydrogen (secondary N) is 1. The summed E-state index contributed by atoms with van der Waals surface area (Å²) in [5.74, 6) is 0.549. The van der Waals surface area contributed by atoms with Crippen molar-refractivity contribution in [1.29, 1.82) is 0 Å². The largest absolute Gasteiger partial charge is 0.381 e. The lowest BCUT2D eigenvalue weighted by Crippen LogP contribution is -2.12. The fourth-order valence-electron chi connectivity index (χ4n) is 4.08. The van der Waals surface area contributed by atoms with Gasteiger partial charge >= 0.3 is 0 Å². The molecule has 0 aliphatic heterocycles. The smallest absolute Gasteiger partial charge is 0.180 e. The molecule has 6 heteroatoms. The normalized spacial score (nSPS) is 15.8. The van der Waals surface area contributed by atoms with Gasteiger partial charge in [-0.1, -0.05) is 31.1 Å². The van der Waals surface area contributed by atoms with Gasteiger partial charge in [-0.2, -0.15) is 0 Å². The number of pyridine rings is 1. The van der Waals surface area contributed by atoms with Crippen LogP contribution in [-0.2, 0) is 14.6 Å². The molecule has 2 heterocycles. The lowest BCUT2D eigenvalue weighted by Gasteiger charge is -2.11. The molecule has 5 nitrogen and oxygen atoms in total. The van der Waals surface area contributed by atoms with E-state index in [-0.39, 0.29) is 12.4 Å². The number of H-pyrrole nitrogens is 1. The molecule has 2 aromatic heterocycles. The molecule has 3 aromatic rings. The molecule has 0 bridgehead atoms. The van der Waals surface area contributed by atoms with Crippen LogP contribution in [0.2, 0.25) is 0 Å². The number of sulfone groups is 1.